The molecule has 1 aliphatic carbocycles. The Labute approximate surface area is 131 Å². The largest absolute Gasteiger partial charge is 0.392 e. The highest BCUT2D eigenvalue weighted by atomic mass is 16.3. The molecule has 1 amide bonds. The molecule has 1 aliphatic heterocycles. The van der Waals surface area contributed by atoms with Crippen molar-refractivity contribution >= 4 is 5.91 Å². The van der Waals surface area contributed by atoms with Crippen LogP contribution in [0, 0.1) is 0 Å². The van der Waals surface area contributed by atoms with Gasteiger partial charge in [-0.25, -0.2) is 0 Å². The minimum absolute atomic E-state index is 0.0528. The molecule has 2 fully saturated rings. The molecule has 0 unspecified atom stereocenters. The van der Waals surface area contributed by atoms with Gasteiger partial charge in [0.2, 0.25) is 5.91 Å². The number of carbonyl (C=O) groups excluding carboxylic acids is 1. The molecule has 1 atom stereocenters. The summed E-state index contributed by atoms with van der Waals surface area (Å²) in [4.78, 5) is 13.9. The van der Waals surface area contributed by atoms with Gasteiger partial charge in [0.15, 0.2) is 0 Å². The number of aromatic nitrogens is 2. The first-order chi connectivity index (χ1) is 10.7. The van der Waals surface area contributed by atoms with Gasteiger partial charge < -0.3 is 10.4 Å². The molecular formula is C16H26N4O2. The number of aliphatic hydroxyl groups excluding tert-OH is 1. The minimum Gasteiger partial charge on any atom is -0.392 e. The highest BCUT2D eigenvalue weighted by molar-refractivity contribution is 5.77. The lowest BCUT2D eigenvalue weighted by Gasteiger charge is -2.29. The minimum atomic E-state index is -0.276. The van der Waals surface area contributed by atoms with E-state index in [1.165, 1.54) is 18.5 Å². The van der Waals surface area contributed by atoms with E-state index in [2.05, 4.69) is 21.2 Å². The Hall–Kier alpha value is -1.40. The van der Waals surface area contributed by atoms with Crippen LogP contribution in [0.5, 0.6) is 0 Å². The molecule has 1 saturated heterocycles. The molecule has 0 spiro atoms. The summed E-state index contributed by atoms with van der Waals surface area (Å²) in [6, 6.07) is 2.11. The number of amides is 1. The van der Waals surface area contributed by atoms with Crippen molar-refractivity contribution in [1.29, 1.82) is 0 Å². The molecule has 6 heteroatoms. The molecule has 0 radical (unpaired) electrons. The Balaban J connectivity index is 1.32. The lowest BCUT2D eigenvalue weighted by Crippen LogP contribution is -2.44. The van der Waals surface area contributed by atoms with E-state index < -0.39 is 0 Å². The Morgan fingerprint density at radius 3 is 3.05 bits per heavy atom. The fourth-order valence-electron chi connectivity index (χ4n) is 3.15. The van der Waals surface area contributed by atoms with E-state index >= 15 is 0 Å². The third kappa shape index (κ3) is 4.30. The number of aryl methyl sites for hydroxylation is 1. The van der Waals surface area contributed by atoms with Crippen LogP contribution in [0.2, 0.25) is 0 Å². The first-order valence-electron chi connectivity index (χ1n) is 8.41. The first-order valence-corrected chi connectivity index (χ1v) is 8.41. The molecule has 1 saturated carbocycles. The molecule has 0 bridgehead atoms. The fraction of sp³-hybridized carbons (Fsp3) is 0.750. The summed E-state index contributed by atoms with van der Waals surface area (Å²) in [5, 5.41) is 16.9. The lowest BCUT2D eigenvalue weighted by molar-refractivity contribution is -0.122. The molecule has 22 heavy (non-hydrogen) atoms. The van der Waals surface area contributed by atoms with E-state index in [0.717, 1.165) is 32.4 Å². The summed E-state index contributed by atoms with van der Waals surface area (Å²) < 4.78 is 2.07. The molecule has 0 aromatic carbocycles. The maximum atomic E-state index is 11.9. The van der Waals surface area contributed by atoms with Crippen LogP contribution in [0.15, 0.2) is 12.3 Å². The van der Waals surface area contributed by atoms with Crippen LogP contribution in [-0.4, -0.2) is 58.0 Å². The van der Waals surface area contributed by atoms with Crippen molar-refractivity contribution in [2.24, 2.45) is 0 Å². The highest BCUT2D eigenvalue weighted by Crippen LogP contribution is 2.39. The Kier molecular flexibility index (Phi) is 5.10. The molecule has 2 N–H and O–H groups in total. The zero-order valence-corrected chi connectivity index (χ0v) is 13.1. The summed E-state index contributed by atoms with van der Waals surface area (Å²) >= 11 is 0. The van der Waals surface area contributed by atoms with Crippen molar-refractivity contribution in [1.82, 2.24) is 20.0 Å². The third-order valence-electron chi connectivity index (χ3n) is 4.46. The molecule has 3 rings (SSSR count). The lowest BCUT2D eigenvalue weighted by atomic mass is 10.1. The van der Waals surface area contributed by atoms with Gasteiger partial charge in [-0.05, 0) is 44.7 Å². The number of piperidine rings is 1. The van der Waals surface area contributed by atoms with Gasteiger partial charge in [-0.15, -0.1) is 0 Å². The van der Waals surface area contributed by atoms with Crippen molar-refractivity contribution in [3.05, 3.63) is 18.0 Å². The van der Waals surface area contributed by atoms with Crippen molar-refractivity contribution in [3.8, 4) is 0 Å². The quantitative estimate of drug-likeness (QED) is 0.728. The van der Waals surface area contributed by atoms with Gasteiger partial charge in [0, 0.05) is 37.4 Å². The van der Waals surface area contributed by atoms with Crippen LogP contribution in [0.25, 0.3) is 0 Å². The standard InChI is InChI=1S/C16H26N4O2/c21-14-3-1-9-19(11-14)12-16(22)17-7-2-10-20-15(6-8-18-20)13-4-5-13/h6,8,13-14,21H,1-5,7,9-12H2,(H,17,22)/t14-/m1/s1. The van der Waals surface area contributed by atoms with Crippen LogP contribution >= 0.6 is 0 Å². The summed E-state index contributed by atoms with van der Waals surface area (Å²) in [7, 11) is 0. The summed E-state index contributed by atoms with van der Waals surface area (Å²) in [6.07, 6.45) is 6.88. The number of β-amino-alcohol motifs (C(OH)–C–C–N with tert-alkyl or cyclic N) is 1. The van der Waals surface area contributed by atoms with Crippen molar-refractivity contribution in [2.75, 3.05) is 26.2 Å². The van der Waals surface area contributed by atoms with E-state index in [-0.39, 0.29) is 12.0 Å². The zero-order valence-electron chi connectivity index (χ0n) is 13.1. The summed E-state index contributed by atoms with van der Waals surface area (Å²) in [5.41, 5.74) is 1.34. The van der Waals surface area contributed by atoms with Gasteiger partial charge in [-0.1, -0.05) is 0 Å². The van der Waals surface area contributed by atoms with Crippen LogP contribution in [0.1, 0.15) is 43.7 Å². The average molecular weight is 306 g/mol. The van der Waals surface area contributed by atoms with Gasteiger partial charge in [-0.3, -0.25) is 14.4 Å². The second kappa shape index (κ2) is 7.24. The highest BCUT2D eigenvalue weighted by Gasteiger charge is 2.26. The second-order valence-corrected chi connectivity index (χ2v) is 6.49. The predicted octanol–water partition coefficient (Wildman–Crippen LogP) is 0.724. The SMILES string of the molecule is O=C(CN1CCC[C@@H](O)C1)NCCCn1nccc1C1CC1. The van der Waals surface area contributed by atoms with E-state index in [4.69, 9.17) is 0 Å². The second-order valence-electron chi connectivity index (χ2n) is 6.49. The number of hydrogen-bond donors (Lipinski definition) is 2. The molecular weight excluding hydrogens is 280 g/mol. The van der Waals surface area contributed by atoms with E-state index in [1.54, 1.807) is 0 Å². The maximum absolute atomic E-state index is 11.9. The van der Waals surface area contributed by atoms with Gasteiger partial charge in [-0.2, -0.15) is 5.10 Å². The van der Waals surface area contributed by atoms with Gasteiger partial charge in [0.1, 0.15) is 0 Å². The zero-order chi connectivity index (χ0) is 15.4. The Morgan fingerprint density at radius 1 is 1.41 bits per heavy atom. The number of nitrogens with zero attached hydrogens (tertiary/aromatic N) is 3. The van der Waals surface area contributed by atoms with Crippen molar-refractivity contribution in [2.45, 2.75) is 50.7 Å². The molecule has 122 valence electrons. The number of likely N-dealkylation sites (tertiary alicyclic amines) is 1. The van der Waals surface area contributed by atoms with Crippen molar-refractivity contribution in [3.63, 3.8) is 0 Å². The number of nitrogens with one attached hydrogen (secondary N) is 1. The van der Waals surface area contributed by atoms with Gasteiger partial charge >= 0.3 is 0 Å². The number of carbonyl (C=O) groups is 1. The van der Waals surface area contributed by atoms with Crippen LogP contribution in [-0.2, 0) is 11.3 Å². The topological polar surface area (TPSA) is 70.4 Å². The van der Waals surface area contributed by atoms with E-state index in [9.17, 15) is 9.90 Å². The first kappa shape index (κ1) is 15.5. The molecule has 1 aromatic heterocycles. The van der Waals surface area contributed by atoms with Crippen molar-refractivity contribution < 1.29 is 9.90 Å². The fourth-order valence-corrected chi connectivity index (χ4v) is 3.15. The summed E-state index contributed by atoms with van der Waals surface area (Å²) in [5.74, 6) is 0.764. The van der Waals surface area contributed by atoms with Gasteiger partial charge in [0.25, 0.3) is 0 Å². The normalized spacial score (nSPS) is 22.7. The van der Waals surface area contributed by atoms with E-state index in [1.807, 2.05) is 11.1 Å². The number of hydrogen-bond acceptors (Lipinski definition) is 4. The average Bonchev–Trinajstić information content (AvgIpc) is 3.23. The summed E-state index contributed by atoms with van der Waals surface area (Å²) in [6.45, 7) is 3.46. The van der Waals surface area contributed by atoms with Crippen LogP contribution < -0.4 is 5.32 Å². The molecule has 1 aromatic rings. The third-order valence-corrected chi connectivity index (χ3v) is 4.46. The predicted molar refractivity (Wildman–Crippen MR) is 83.5 cm³/mol. The Morgan fingerprint density at radius 2 is 2.27 bits per heavy atom. The Bertz CT molecular complexity index is 498. The van der Waals surface area contributed by atoms with E-state index in [0.29, 0.717) is 25.6 Å². The van der Waals surface area contributed by atoms with Crippen LogP contribution in [0.3, 0.4) is 0 Å². The van der Waals surface area contributed by atoms with Gasteiger partial charge in [0.05, 0.1) is 12.6 Å². The molecule has 6 nitrogen and oxygen atoms in total. The maximum Gasteiger partial charge on any atom is 0.234 e. The molecule has 2 aliphatic rings. The molecule has 2 heterocycles. The number of aliphatic hydroxyl groups is 1. The van der Waals surface area contributed by atoms with Crippen LogP contribution in [0.4, 0.5) is 0 Å². The number of rotatable bonds is 7. The monoisotopic (exact) mass is 306 g/mol. The smallest absolute Gasteiger partial charge is 0.234 e.